The summed E-state index contributed by atoms with van der Waals surface area (Å²) in [7, 11) is 0. The van der Waals surface area contributed by atoms with Gasteiger partial charge in [0.25, 0.3) is 5.91 Å². The van der Waals surface area contributed by atoms with E-state index in [1.165, 1.54) is 4.68 Å². The highest BCUT2D eigenvalue weighted by Crippen LogP contribution is 2.49. The number of halogens is 6. The Morgan fingerprint density at radius 1 is 0.936 bits per heavy atom. The molecule has 47 heavy (non-hydrogen) atoms. The van der Waals surface area contributed by atoms with Crippen LogP contribution in [0.15, 0.2) is 72.9 Å². The first kappa shape index (κ1) is 32.0. The summed E-state index contributed by atoms with van der Waals surface area (Å²) in [5.41, 5.74) is -1.33. The minimum absolute atomic E-state index is 0.0227. The zero-order chi connectivity index (χ0) is 33.7. The van der Waals surface area contributed by atoms with E-state index in [-0.39, 0.29) is 48.8 Å². The van der Waals surface area contributed by atoms with E-state index in [1.807, 2.05) is 0 Å². The van der Waals surface area contributed by atoms with E-state index in [0.717, 1.165) is 6.07 Å². The van der Waals surface area contributed by atoms with E-state index in [0.29, 0.717) is 17.3 Å². The van der Waals surface area contributed by atoms with Crippen LogP contribution in [0, 0.1) is 0 Å². The first-order valence-electron chi connectivity index (χ1n) is 14.6. The molecule has 0 radical (unpaired) electrons. The van der Waals surface area contributed by atoms with Gasteiger partial charge in [0.2, 0.25) is 0 Å². The standard InChI is InChI=1S/C32H27F6N5O4/c33-31(34,35)21-16-39-22(15-20(21)30(46)47)42-13-11-17(12-14-42)25-23-24(32(36,37)38)27(44)29(45)40-28(23)43(41-25)26(18-7-3-1-4-8-18)19-9-5-2-6-10-19/h1-10,15-17,24,26-27,44H,11-14H2,(H,40,45)(H,46,47)/t24-,27-/m1/s1. The smallest absolute Gasteiger partial charge is 0.418 e. The SMILES string of the molecule is O=C(O)c1cc(N2CCC(c3nn(C(c4ccccc4)c4ccccc4)c4c3[C@@H](C(F)(F)F)[C@@H](O)C(=O)N4)CC2)ncc1C(F)(F)F. The maximum Gasteiger partial charge on any atom is 0.418 e. The zero-order valence-electron chi connectivity index (χ0n) is 24.3. The molecule has 1 saturated heterocycles. The van der Waals surface area contributed by atoms with Gasteiger partial charge in [-0.3, -0.25) is 4.79 Å². The van der Waals surface area contributed by atoms with E-state index >= 15 is 0 Å². The summed E-state index contributed by atoms with van der Waals surface area (Å²) < 4.78 is 85.3. The summed E-state index contributed by atoms with van der Waals surface area (Å²) in [6.45, 7) is 0.215. The molecule has 2 aromatic heterocycles. The average Bonchev–Trinajstić information content (AvgIpc) is 3.39. The Hall–Kier alpha value is -4.92. The zero-order valence-corrected chi connectivity index (χ0v) is 24.3. The summed E-state index contributed by atoms with van der Waals surface area (Å²) in [6, 6.07) is 17.9. The van der Waals surface area contributed by atoms with Gasteiger partial charge in [-0.15, -0.1) is 0 Å². The Labute approximate surface area is 263 Å². The van der Waals surface area contributed by atoms with Gasteiger partial charge in [0.05, 0.1) is 16.8 Å². The molecule has 9 nitrogen and oxygen atoms in total. The minimum Gasteiger partial charge on any atom is -0.478 e. The van der Waals surface area contributed by atoms with Crippen LogP contribution < -0.4 is 10.2 Å². The third-order valence-electron chi connectivity index (χ3n) is 8.57. The van der Waals surface area contributed by atoms with Crippen LogP contribution in [-0.2, 0) is 11.0 Å². The number of aromatic nitrogens is 3. The van der Waals surface area contributed by atoms with Crippen LogP contribution >= 0.6 is 0 Å². The maximum atomic E-state index is 14.6. The average molecular weight is 660 g/mol. The third kappa shape index (κ3) is 6.02. The molecule has 246 valence electrons. The number of benzene rings is 2. The molecule has 2 atom stereocenters. The highest BCUT2D eigenvalue weighted by atomic mass is 19.4. The number of fused-ring (bicyclic) bond motifs is 1. The van der Waals surface area contributed by atoms with Gasteiger partial charge in [-0.1, -0.05) is 60.7 Å². The predicted molar refractivity (Wildman–Crippen MR) is 156 cm³/mol. The van der Waals surface area contributed by atoms with Crippen LogP contribution in [0.3, 0.4) is 0 Å². The Balaban J connectivity index is 1.42. The van der Waals surface area contributed by atoms with Crippen molar-refractivity contribution < 1.29 is 46.1 Å². The Kier molecular flexibility index (Phi) is 8.20. The highest BCUT2D eigenvalue weighted by molar-refractivity contribution is 5.98. The number of carbonyl (C=O) groups is 2. The van der Waals surface area contributed by atoms with Crippen molar-refractivity contribution in [3.05, 3.63) is 106 Å². The molecule has 4 aromatic rings. The van der Waals surface area contributed by atoms with E-state index in [9.17, 15) is 46.1 Å². The second-order valence-corrected chi connectivity index (χ2v) is 11.4. The molecule has 0 saturated carbocycles. The number of amides is 1. The quantitative estimate of drug-likeness (QED) is 0.218. The largest absolute Gasteiger partial charge is 0.478 e. The van der Waals surface area contributed by atoms with Crippen LogP contribution in [0.2, 0.25) is 0 Å². The molecule has 2 aliphatic rings. The second-order valence-electron chi connectivity index (χ2n) is 11.4. The number of aliphatic hydroxyl groups excluding tert-OH is 1. The van der Waals surface area contributed by atoms with Crippen molar-refractivity contribution in [1.29, 1.82) is 0 Å². The summed E-state index contributed by atoms with van der Waals surface area (Å²) in [5.74, 6) is -6.38. The molecule has 0 aliphatic carbocycles. The third-order valence-corrected chi connectivity index (χ3v) is 8.57. The fourth-order valence-electron chi connectivity index (χ4n) is 6.37. The molecule has 3 N–H and O–H groups in total. The Bertz CT molecular complexity index is 1750. The Morgan fingerprint density at radius 3 is 2.02 bits per heavy atom. The molecule has 1 fully saturated rings. The van der Waals surface area contributed by atoms with E-state index in [1.54, 1.807) is 65.6 Å². The van der Waals surface area contributed by atoms with Gasteiger partial charge in [-0.05, 0) is 30.0 Å². The maximum absolute atomic E-state index is 14.6. The number of aliphatic hydroxyl groups is 1. The number of anilines is 2. The number of rotatable bonds is 6. The minimum atomic E-state index is -5.01. The lowest BCUT2D eigenvalue weighted by molar-refractivity contribution is -0.177. The molecule has 1 amide bonds. The molecule has 2 aliphatic heterocycles. The number of aromatic carboxylic acids is 1. The van der Waals surface area contributed by atoms with Gasteiger partial charge in [-0.2, -0.15) is 31.4 Å². The molecule has 4 heterocycles. The number of pyridine rings is 1. The molecule has 15 heteroatoms. The number of alkyl halides is 6. The molecular formula is C32H27F6N5O4. The lowest BCUT2D eigenvalue weighted by atomic mass is 9.82. The number of hydrogen-bond acceptors (Lipinski definition) is 6. The number of nitrogens with zero attached hydrogens (tertiary/aromatic N) is 4. The fraction of sp³-hybridized carbons (Fsp3) is 0.312. The number of carboxylic acid groups (broad SMARTS) is 1. The van der Waals surface area contributed by atoms with E-state index < -0.39 is 59.3 Å². The van der Waals surface area contributed by atoms with Crippen LogP contribution in [0.5, 0.6) is 0 Å². The summed E-state index contributed by atoms with van der Waals surface area (Å²) >= 11 is 0. The van der Waals surface area contributed by atoms with Gasteiger partial charge in [0.1, 0.15) is 29.7 Å². The fourth-order valence-corrected chi connectivity index (χ4v) is 6.37. The van der Waals surface area contributed by atoms with E-state index in [4.69, 9.17) is 5.10 Å². The molecule has 0 bridgehead atoms. The van der Waals surface area contributed by atoms with Crippen molar-refractivity contribution in [3.63, 3.8) is 0 Å². The highest BCUT2D eigenvalue weighted by Gasteiger charge is 2.55. The van der Waals surface area contributed by atoms with Gasteiger partial charge < -0.3 is 20.4 Å². The number of hydrogen-bond donors (Lipinski definition) is 3. The van der Waals surface area contributed by atoms with E-state index in [2.05, 4.69) is 10.3 Å². The van der Waals surface area contributed by atoms with Crippen molar-refractivity contribution in [2.45, 2.75) is 49.2 Å². The lowest BCUT2D eigenvalue weighted by Crippen LogP contribution is -2.45. The first-order chi connectivity index (χ1) is 22.3. The summed E-state index contributed by atoms with van der Waals surface area (Å²) in [6.07, 6.45) is -11.6. The van der Waals surface area contributed by atoms with Crippen molar-refractivity contribution >= 4 is 23.5 Å². The lowest BCUT2D eigenvalue weighted by Gasteiger charge is -2.35. The summed E-state index contributed by atoms with van der Waals surface area (Å²) in [5, 5.41) is 27.2. The molecule has 6 rings (SSSR count). The molecule has 0 spiro atoms. The van der Waals surface area contributed by atoms with Gasteiger partial charge in [-0.25, -0.2) is 14.5 Å². The number of carbonyl (C=O) groups excluding carboxylic acids is 1. The normalized spacial score (nSPS) is 19.1. The van der Waals surface area contributed by atoms with Crippen molar-refractivity contribution in [3.8, 4) is 0 Å². The number of carboxylic acids is 1. The van der Waals surface area contributed by atoms with Crippen LogP contribution in [0.25, 0.3) is 0 Å². The molecule has 0 unspecified atom stereocenters. The molecular weight excluding hydrogens is 632 g/mol. The van der Waals surface area contributed by atoms with Crippen LogP contribution in [0.1, 0.15) is 69.0 Å². The van der Waals surface area contributed by atoms with Crippen LogP contribution in [0.4, 0.5) is 38.0 Å². The van der Waals surface area contributed by atoms with Crippen molar-refractivity contribution in [2.24, 2.45) is 0 Å². The predicted octanol–water partition coefficient (Wildman–Crippen LogP) is 5.98. The van der Waals surface area contributed by atoms with Gasteiger partial charge in [0, 0.05) is 30.8 Å². The molecule has 2 aromatic carbocycles. The topological polar surface area (TPSA) is 121 Å². The number of piperidine rings is 1. The monoisotopic (exact) mass is 659 g/mol. The van der Waals surface area contributed by atoms with Crippen LogP contribution in [-0.4, -0.2) is 62.2 Å². The van der Waals surface area contributed by atoms with Gasteiger partial charge >= 0.3 is 18.3 Å². The Morgan fingerprint density at radius 2 is 1.51 bits per heavy atom. The second kappa shape index (κ2) is 12.0. The first-order valence-corrected chi connectivity index (χ1v) is 14.6. The number of nitrogens with one attached hydrogen (secondary N) is 1. The van der Waals surface area contributed by atoms with Crippen molar-refractivity contribution in [2.75, 3.05) is 23.3 Å². The van der Waals surface area contributed by atoms with Gasteiger partial charge in [0.15, 0.2) is 0 Å². The van der Waals surface area contributed by atoms with Crippen molar-refractivity contribution in [1.82, 2.24) is 14.8 Å². The summed E-state index contributed by atoms with van der Waals surface area (Å²) in [4.78, 5) is 29.8.